The number of hydrogen-bond acceptors (Lipinski definition) is 3. The van der Waals surface area contributed by atoms with Crippen molar-refractivity contribution in [3.63, 3.8) is 0 Å². The molecule has 1 saturated carbocycles. The summed E-state index contributed by atoms with van der Waals surface area (Å²) in [5, 5.41) is 3.06. The summed E-state index contributed by atoms with van der Waals surface area (Å²) in [6.07, 6.45) is 9.41. The molecule has 0 aromatic rings. The van der Waals surface area contributed by atoms with Crippen LogP contribution >= 0.6 is 0 Å². The normalized spacial score (nSPS) is 23.0. The number of carbonyl (C=O) groups is 2. The van der Waals surface area contributed by atoms with Crippen LogP contribution < -0.4 is 5.32 Å². The maximum atomic E-state index is 12.5. The van der Waals surface area contributed by atoms with Crippen LogP contribution in [0.1, 0.15) is 51.4 Å². The van der Waals surface area contributed by atoms with Crippen molar-refractivity contribution in [2.24, 2.45) is 11.8 Å². The minimum absolute atomic E-state index is 0.0451. The zero-order chi connectivity index (χ0) is 17.5. The zero-order valence-electron chi connectivity index (χ0n) is 15.4. The smallest absolute Gasteiger partial charge is 0.317 e. The number of amides is 3. The summed E-state index contributed by atoms with van der Waals surface area (Å²) in [6, 6.07) is 0.0451. The number of hydrogen-bond donors (Lipinski definition) is 1. The first kappa shape index (κ1) is 18.5. The molecule has 0 spiro atoms. The lowest BCUT2D eigenvalue weighted by molar-refractivity contribution is -0.141. The fourth-order valence-corrected chi connectivity index (χ4v) is 4.37. The summed E-state index contributed by atoms with van der Waals surface area (Å²) in [4.78, 5) is 28.6. The topological polar surface area (TPSA) is 61.9 Å². The van der Waals surface area contributed by atoms with Crippen LogP contribution in [0, 0.1) is 11.8 Å². The van der Waals surface area contributed by atoms with Crippen LogP contribution in [0.3, 0.4) is 0 Å². The molecule has 0 aromatic heterocycles. The molecule has 2 heterocycles. The van der Waals surface area contributed by atoms with Crippen molar-refractivity contribution in [3.05, 3.63) is 0 Å². The number of ether oxygens (including phenoxy) is 1. The number of piperidine rings is 1. The van der Waals surface area contributed by atoms with E-state index in [2.05, 4.69) is 5.32 Å². The van der Waals surface area contributed by atoms with Gasteiger partial charge in [-0.2, -0.15) is 0 Å². The molecule has 2 saturated heterocycles. The molecule has 3 aliphatic rings. The van der Waals surface area contributed by atoms with E-state index in [1.165, 1.54) is 32.1 Å². The van der Waals surface area contributed by atoms with Gasteiger partial charge in [0.2, 0.25) is 5.91 Å². The summed E-state index contributed by atoms with van der Waals surface area (Å²) in [6.45, 7) is 4.87. The van der Waals surface area contributed by atoms with Crippen LogP contribution in [-0.4, -0.2) is 67.7 Å². The Morgan fingerprint density at radius 3 is 2.28 bits per heavy atom. The Morgan fingerprint density at radius 1 is 0.920 bits per heavy atom. The minimum atomic E-state index is 0.0451. The summed E-state index contributed by atoms with van der Waals surface area (Å²) in [7, 11) is 0. The zero-order valence-corrected chi connectivity index (χ0v) is 15.4. The van der Waals surface area contributed by atoms with Gasteiger partial charge in [0.05, 0.1) is 13.2 Å². The standard InChI is InChI=1S/C19H33N3O3/c23-18(21-12-14-25-15-13-21)17-7-10-22(11-8-17)19(24)20-9-3-6-16-4-1-2-5-16/h16-17H,1-15H2,(H,20,24). The van der Waals surface area contributed by atoms with E-state index in [-0.39, 0.29) is 17.9 Å². The van der Waals surface area contributed by atoms with Crippen molar-refractivity contribution >= 4 is 11.9 Å². The van der Waals surface area contributed by atoms with Crippen LogP contribution in [0.5, 0.6) is 0 Å². The first-order valence-corrected chi connectivity index (χ1v) is 10.1. The van der Waals surface area contributed by atoms with E-state index in [0.29, 0.717) is 39.4 Å². The maximum Gasteiger partial charge on any atom is 0.317 e. The van der Waals surface area contributed by atoms with E-state index >= 15 is 0 Å². The molecule has 0 bridgehead atoms. The fraction of sp³-hybridized carbons (Fsp3) is 0.895. The van der Waals surface area contributed by atoms with Crippen LogP contribution in [0.15, 0.2) is 0 Å². The van der Waals surface area contributed by atoms with Gasteiger partial charge in [-0.1, -0.05) is 25.7 Å². The molecule has 3 amide bonds. The number of rotatable bonds is 5. The largest absolute Gasteiger partial charge is 0.378 e. The molecule has 142 valence electrons. The molecule has 0 aromatic carbocycles. The molecule has 6 heteroatoms. The Labute approximate surface area is 151 Å². The van der Waals surface area contributed by atoms with Gasteiger partial charge < -0.3 is 19.9 Å². The van der Waals surface area contributed by atoms with E-state index in [1.54, 1.807) is 0 Å². The van der Waals surface area contributed by atoms with Crippen molar-refractivity contribution < 1.29 is 14.3 Å². The molecule has 0 radical (unpaired) electrons. The number of likely N-dealkylation sites (tertiary alicyclic amines) is 1. The molecule has 6 nitrogen and oxygen atoms in total. The molecule has 3 fully saturated rings. The highest BCUT2D eigenvalue weighted by Gasteiger charge is 2.30. The summed E-state index contributed by atoms with van der Waals surface area (Å²) in [5.74, 6) is 1.21. The van der Waals surface area contributed by atoms with Gasteiger partial charge in [0.15, 0.2) is 0 Å². The van der Waals surface area contributed by atoms with Gasteiger partial charge in [-0.05, 0) is 31.6 Å². The second-order valence-corrected chi connectivity index (χ2v) is 7.72. The third-order valence-electron chi connectivity index (χ3n) is 5.99. The molecular weight excluding hydrogens is 318 g/mol. The second kappa shape index (κ2) is 9.41. The number of nitrogens with zero attached hydrogens (tertiary/aromatic N) is 2. The molecule has 1 N–H and O–H groups in total. The van der Waals surface area contributed by atoms with Gasteiger partial charge in [0.1, 0.15) is 0 Å². The van der Waals surface area contributed by atoms with Gasteiger partial charge in [0, 0.05) is 38.6 Å². The summed E-state index contributed by atoms with van der Waals surface area (Å²) < 4.78 is 5.31. The minimum Gasteiger partial charge on any atom is -0.378 e. The van der Waals surface area contributed by atoms with Crippen LogP contribution in [0.2, 0.25) is 0 Å². The predicted molar refractivity (Wildman–Crippen MR) is 96.3 cm³/mol. The highest BCUT2D eigenvalue weighted by molar-refractivity contribution is 5.80. The molecule has 2 aliphatic heterocycles. The van der Waals surface area contributed by atoms with Gasteiger partial charge in [-0.15, -0.1) is 0 Å². The lowest BCUT2D eigenvalue weighted by Gasteiger charge is -2.35. The van der Waals surface area contributed by atoms with Crippen LogP contribution in [0.25, 0.3) is 0 Å². The average molecular weight is 351 g/mol. The van der Waals surface area contributed by atoms with E-state index < -0.39 is 0 Å². The molecular formula is C19H33N3O3. The first-order valence-electron chi connectivity index (χ1n) is 10.1. The summed E-state index contributed by atoms with van der Waals surface area (Å²) >= 11 is 0. The van der Waals surface area contributed by atoms with E-state index in [4.69, 9.17) is 4.74 Å². The van der Waals surface area contributed by atoms with Gasteiger partial charge >= 0.3 is 6.03 Å². The molecule has 0 unspecified atom stereocenters. The molecule has 25 heavy (non-hydrogen) atoms. The van der Waals surface area contributed by atoms with Crippen molar-refractivity contribution in [2.75, 3.05) is 45.9 Å². The van der Waals surface area contributed by atoms with Crippen LogP contribution in [0.4, 0.5) is 4.79 Å². The second-order valence-electron chi connectivity index (χ2n) is 7.72. The summed E-state index contributed by atoms with van der Waals surface area (Å²) in [5.41, 5.74) is 0. The van der Waals surface area contributed by atoms with Crippen molar-refractivity contribution in [2.45, 2.75) is 51.4 Å². The molecule has 3 rings (SSSR count). The van der Waals surface area contributed by atoms with Crippen molar-refractivity contribution in [3.8, 4) is 0 Å². The van der Waals surface area contributed by atoms with Crippen LogP contribution in [-0.2, 0) is 9.53 Å². The van der Waals surface area contributed by atoms with Crippen molar-refractivity contribution in [1.29, 1.82) is 0 Å². The quantitative estimate of drug-likeness (QED) is 0.773. The van der Waals surface area contributed by atoms with Crippen molar-refractivity contribution in [1.82, 2.24) is 15.1 Å². The highest BCUT2D eigenvalue weighted by Crippen LogP contribution is 2.28. The monoisotopic (exact) mass is 351 g/mol. The Kier molecular flexibility index (Phi) is 6.96. The number of morpholine rings is 1. The lowest BCUT2D eigenvalue weighted by Crippen LogP contribution is -2.49. The predicted octanol–water partition coefficient (Wildman–Crippen LogP) is 2.24. The van der Waals surface area contributed by atoms with Gasteiger partial charge in [-0.3, -0.25) is 4.79 Å². The Balaban J connectivity index is 1.31. The van der Waals surface area contributed by atoms with E-state index in [0.717, 1.165) is 31.7 Å². The Bertz CT molecular complexity index is 437. The van der Waals surface area contributed by atoms with Gasteiger partial charge in [0.25, 0.3) is 0 Å². The first-order chi connectivity index (χ1) is 12.2. The lowest BCUT2D eigenvalue weighted by atomic mass is 9.95. The maximum absolute atomic E-state index is 12.5. The molecule has 1 aliphatic carbocycles. The molecule has 0 atom stereocenters. The average Bonchev–Trinajstić information content (AvgIpc) is 3.19. The van der Waals surface area contributed by atoms with E-state index in [9.17, 15) is 9.59 Å². The van der Waals surface area contributed by atoms with E-state index in [1.807, 2.05) is 9.80 Å². The number of nitrogens with one attached hydrogen (secondary N) is 1. The number of carbonyl (C=O) groups excluding carboxylic acids is 2. The Morgan fingerprint density at radius 2 is 1.60 bits per heavy atom. The Hall–Kier alpha value is -1.30. The third kappa shape index (κ3) is 5.33. The highest BCUT2D eigenvalue weighted by atomic mass is 16.5. The van der Waals surface area contributed by atoms with Gasteiger partial charge in [-0.25, -0.2) is 4.79 Å². The SMILES string of the molecule is O=C(NCCCC1CCCC1)N1CCC(C(=O)N2CCOCC2)CC1. The third-order valence-corrected chi connectivity index (χ3v) is 5.99. The fourth-order valence-electron chi connectivity index (χ4n) is 4.37. The number of urea groups is 1.